The second kappa shape index (κ2) is 7.52. The quantitative estimate of drug-likeness (QED) is 0.845. The summed E-state index contributed by atoms with van der Waals surface area (Å²) in [6.07, 6.45) is 1.12. The van der Waals surface area contributed by atoms with Gasteiger partial charge in [0.15, 0.2) is 0 Å². The highest BCUT2D eigenvalue weighted by atomic mass is 15.2. The van der Waals surface area contributed by atoms with Crippen LogP contribution in [0.3, 0.4) is 0 Å². The summed E-state index contributed by atoms with van der Waals surface area (Å²) in [6, 6.07) is 12.2. The molecule has 0 saturated heterocycles. The molecule has 2 rings (SSSR count). The molecule has 0 unspecified atom stereocenters. The highest BCUT2D eigenvalue weighted by Crippen LogP contribution is 2.04. The van der Waals surface area contributed by atoms with Crippen LogP contribution in [0.4, 0.5) is 0 Å². The first-order chi connectivity index (χ1) is 9.78. The first-order valence-electron chi connectivity index (χ1n) is 7.05. The van der Waals surface area contributed by atoms with Crippen molar-refractivity contribution in [3.63, 3.8) is 0 Å². The summed E-state index contributed by atoms with van der Waals surface area (Å²) in [5.74, 6) is 6.46. The topological polar surface area (TPSA) is 31.9 Å². The van der Waals surface area contributed by atoms with Gasteiger partial charge in [0.25, 0.3) is 0 Å². The second-order valence-corrected chi connectivity index (χ2v) is 4.92. The molecule has 0 aliphatic carbocycles. The van der Waals surface area contributed by atoms with Crippen LogP contribution in [0, 0.1) is 18.8 Å². The van der Waals surface area contributed by atoms with Crippen LogP contribution in [-0.4, -0.2) is 28.2 Å². The number of nitrogens with one attached hydrogen (secondary N) is 1. The highest BCUT2D eigenvalue weighted by molar-refractivity contribution is 5.33. The van der Waals surface area contributed by atoms with Gasteiger partial charge < -0.3 is 0 Å². The van der Waals surface area contributed by atoms with E-state index in [2.05, 4.69) is 39.9 Å². The zero-order valence-corrected chi connectivity index (χ0v) is 12.2. The number of benzene rings is 1. The molecule has 3 nitrogen and oxygen atoms in total. The van der Waals surface area contributed by atoms with Crippen molar-refractivity contribution in [2.45, 2.75) is 26.8 Å². The molecule has 0 atom stereocenters. The molecule has 1 aromatic carbocycles. The smallest absolute Gasteiger partial charge is 0.0765 e. The number of nitrogens with zero attached hydrogens (tertiary/aromatic N) is 2. The van der Waals surface area contributed by atoms with Gasteiger partial charge in [-0.1, -0.05) is 37.0 Å². The standard InChI is InChI=1S/C17H21N3/c1-3-11-20(14-17-13-15(2)18-19-17)12-7-10-16-8-5-4-6-9-16/h4-6,8-9,13H,3,11-12,14H2,1-2H3,(H,18,19). The molecular weight excluding hydrogens is 246 g/mol. The highest BCUT2D eigenvalue weighted by Gasteiger charge is 2.05. The molecule has 0 aliphatic rings. The third kappa shape index (κ3) is 4.56. The lowest BCUT2D eigenvalue weighted by atomic mass is 10.2. The third-order valence-electron chi connectivity index (χ3n) is 2.99. The summed E-state index contributed by atoms with van der Waals surface area (Å²) in [7, 11) is 0. The van der Waals surface area contributed by atoms with Crippen molar-refractivity contribution in [3.8, 4) is 11.8 Å². The zero-order valence-electron chi connectivity index (χ0n) is 12.2. The van der Waals surface area contributed by atoms with Gasteiger partial charge in [-0.05, 0) is 38.1 Å². The van der Waals surface area contributed by atoms with Gasteiger partial charge in [0, 0.05) is 17.8 Å². The van der Waals surface area contributed by atoms with Gasteiger partial charge in [0.2, 0.25) is 0 Å². The van der Waals surface area contributed by atoms with Crippen molar-refractivity contribution < 1.29 is 0 Å². The monoisotopic (exact) mass is 267 g/mol. The molecule has 0 spiro atoms. The van der Waals surface area contributed by atoms with Crippen LogP contribution < -0.4 is 0 Å². The summed E-state index contributed by atoms with van der Waals surface area (Å²) in [5, 5.41) is 7.27. The van der Waals surface area contributed by atoms with Gasteiger partial charge in [-0.3, -0.25) is 10.00 Å². The number of aromatic amines is 1. The first-order valence-corrected chi connectivity index (χ1v) is 7.05. The van der Waals surface area contributed by atoms with E-state index < -0.39 is 0 Å². The van der Waals surface area contributed by atoms with E-state index in [0.717, 1.165) is 43.0 Å². The Kier molecular flexibility index (Phi) is 5.40. The van der Waals surface area contributed by atoms with Gasteiger partial charge in [-0.2, -0.15) is 5.10 Å². The summed E-state index contributed by atoms with van der Waals surface area (Å²) < 4.78 is 0. The summed E-state index contributed by atoms with van der Waals surface area (Å²) in [4.78, 5) is 2.32. The summed E-state index contributed by atoms with van der Waals surface area (Å²) >= 11 is 0. The van der Waals surface area contributed by atoms with Crippen molar-refractivity contribution >= 4 is 0 Å². The molecule has 0 saturated carbocycles. The Balaban J connectivity index is 1.94. The maximum absolute atomic E-state index is 4.29. The van der Waals surface area contributed by atoms with Gasteiger partial charge in [0.05, 0.1) is 12.2 Å². The van der Waals surface area contributed by atoms with E-state index in [1.807, 2.05) is 37.3 Å². The van der Waals surface area contributed by atoms with Gasteiger partial charge in [-0.25, -0.2) is 0 Å². The first kappa shape index (κ1) is 14.4. The lowest BCUT2D eigenvalue weighted by Gasteiger charge is -2.17. The Hall–Kier alpha value is -2.05. The molecule has 0 aliphatic heterocycles. The molecule has 20 heavy (non-hydrogen) atoms. The number of hydrogen-bond donors (Lipinski definition) is 1. The van der Waals surface area contributed by atoms with Crippen molar-refractivity contribution in [1.29, 1.82) is 0 Å². The van der Waals surface area contributed by atoms with Crippen LogP contribution in [0.15, 0.2) is 36.4 Å². The van der Waals surface area contributed by atoms with Gasteiger partial charge in [-0.15, -0.1) is 0 Å². The van der Waals surface area contributed by atoms with Gasteiger partial charge in [0.1, 0.15) is 0 Å². The van der Waals surface area contributed by atoms with Crippen LogP contribution >= 0.6 is 0 Å². The Bertz CT molecular complexity index is 575. The molecule has 0 radical (unpaired) electrons. The number of rotatable bonds is 5. The normalized spacial score (nSPS) is 10.3. The molecule has 0 bridgehead atoms. The molecular formula is C17H21N3. The number of aromatic nitrogens is 2. The predicted octanol–water partition coefficient (Wildman–Crippen LogP) is 2.98. The van der Waals surface area contributed by atoms with Crippen molar-refractivity contribution in [1.82, 2.24) is 15.1 Å². The van der Waals surface area contributed by atoms with E-state index in [9.17, 15) is 0 Å². The van der Waals surface area contributed by atoms with E-state index in [0.29, 0.717) is 0 Å². The van der Waals surface area contributed by atoms with Crippen molar-refractivity contribution in [3.05, 3.63) is 53.3 Å². The third-order valence-corrected chi connectivity index (χ3v) is 2.99. The molecule has 1 N–H and O–H groups in total. The van der Waals surface area contributed by atoms with Crippen LogP contribution in [-0.2, 0) is 6.54 Å². The van der Waals surface area contributed by atoms with E-state index in [4.69, 9.17) is 0 Å². The molecule has 104 valence electrons. The molecule has 1 aromatic heterocycles. The minimum absolute atomic E-state index is 0.772. The molecule has 2 aromatic rings. The Labute approximate surface area is 121 Å². The lowest BCUT2D eigenvalue weighted by Crippen LogP contribution is -2.24. The maximum Gasteiger partial charge on any atom is 0.0765 e. The van der Waals surface area contributed by atoms with E-state index in [-0.39, 0.29) is 0 Å². The molecule has 1 heterocycles. The fourth-order valence-corrected chi connectivity index (χ4v) is 2.09. The van der Waals surface area contributed by atoms with E-state index >= 15 is 0 Å². The zero-order chi connectivity index (χ0) is 14.2. The Morgan fingerprint density at radius 2 is 2.05 bits per heavy atom. The lowest BCUT2D eigenvalue weighted by molar-refractivity contribution is 0.296. The van der Waals surface area contributed by atoms with Crippen LogP contribution in [0.5, 0.6) is 0 Å². The SMILES string of the molecule is CCCN(CC#Cc1ccccc1)Cc1cc(C)[nH]n1. The van der Waals surface area contributed by atoms with Crippen molar-refractivity contribution in [2.24, 2.45) is 0 Å². The summed E-state index contributed by atoms with van der Waals surface area (Å²) in [5.41, 5.74) is 3.25. The fraction of sp³-hybridized carbons (Fsp3) is 0.353. The van der Waals surface area contributed by atoms with Crippen LogP contribution in [0.2, 0.25) is 0 Å². The van der Waals surface area contributed by atoms with Gasteiger partial charge >= 0.3 is 0 Å². The predicted molar refractivity (Wildman–Crippen MR) is 82.2 cm³/mol. The minimum Gasteiger partial charge on any atom is -0.286 e. The van der Waals surface area contributed by atoms with Crippen LogP contribution in [0.1, 0.15) is 30.3 Å². The molecule has 0 fully saturated rings. The number of H-pyrrole nitrogens is 1. The second-order valence-electron chi connectivity index (χ2n) is 4.92. The fourth-order valence-electron chi connectivity index (χ4n) is 2.09. The molecule has 3 heteroatoms. The minimum atomic E-state index is 0.772. The number of hydrogen-bond acceptors (Lipinski definition) is 2. The van der Waals surface area contributed by atoms with Crippen molar-refractivity contribution in [2.75, 3.05) is 13.1 Å². The largest absolute Gasteiger partial charge is 0.286 e. The Morgan fingerprint density at radius 3 is 2.70 bits per heavy atom. The average Bonchev–Trinajstić information content (AvgIpc) is 2.85. The van der Waals surface area contributed by atoms with E-state index in [1.165, 1.54) is 0 Å². The average molecular weight is 267 g/mol. The van der Waals surface area contributed by atoms with E-state index in [1.54, 1.807) is 0 Å². The van der Waals surface area contributed by atoms with Crippen LogP contribution in [0.25, 0.3) is 0 Å². The Morgan fingerprint density at radius 1 is 1.25 bits per heavy atom. The summed E-state index contributed by atoms with van der Waals surface area (Å²) in [6.45, 7) is 6.87. The molecule has 0 amide bonds. The number of aryl methyl sites for hydroxylation is 1. The maximum atomic E-state index is 4.29.